The van der Waals surface area contributed by atoms with Gasteiger partial charge in [-0.2, -0.15) is 0 Å². The molecular weight excluding hydrogens is 290 g/mol. The Morgan fingerprint density at radius 3 is 2.61 bits per heavy atom. The summed E-state index contributed by atoms with van der Waals surface area (Å²) in [6, 6.07) is 15.5. The Morgan fingerprint density at radius 1 is 1.17 bits per heavy atom. The van der Waals surface area contributed by atoms with Gasteiger partial charge in [-0.3, -0.25) is 4.79 Å². The van der Waals surface area contributed by atoms with E-state index in [0.717, 1.165) is 17.9 Å². The van der Waals surface area contributed by atoms with Crippen LogP contribution in [0.1, 0.15) is 24.8 Å². The number of nitrogens with one attached hydrogen (secondary N) is 1. The van der Waals surface area contributed by atoms with Crippen LogP contribution in [0.15, 0.2) is 48.5 Å². The minimum atomic E-state index is 0.0260. The zero-order chi connectivity index (χ0) is 16.2. The molecule has 4 nitrogen and oxygen atoms in total. The molecule has 1 amide bonds. The second-order valence-electron chi connectivity index (χ2n) is 5.64. The van der Waals surface area contributed by atoms with Crippen molar-refractivity contribution >= 4 is 11.6 Å². The number of hydrogen-bond donors (Lipinski definition) is 1. The van der Waals surface area contributed by atoms with Gasteiger partial charge in [-0.05, 0) is 49.1 Å². The lowest BCUT2D eigenvalue weighted by molar-refractivity contribution is -0.117. The Kier molecular flexibility index (Phi) is 4.51. The number of para-hydroxylation sites is 2. The van der Waals surface area contributed by atoms with Crippen LogP contribution in [-0.4, -0.2) is 19.6 Å². The molecule has 120 valence electrons. The first kappa shape index (κ1) is 15.4. The fourth-order valence-corrected chi connectivity index (χ4v) is 2.78. The number of carbonyl (C=O) groups excluding carboxylic acids is 1. The van der Waals surface area contributed by atoms with Crippen molar-refractivity contribution in [2.45, 2.75) is 19.3 Å². The van der Waals surface area contributed by atoms with Gasteiger partial charge in [0.1, 0.15) is 11.5 Å². The Morgan fingerprint density at radius 2 is 1.91 bits per heavy atom. The Balaban J connectivity index is 1.64. The van der Waals surface area contributed by atoms with Gasteiger partial charge >= 0.3 is 0 Å². The molecule has 2 unspecified atom stereocenters. The van der Waals surface area contributed by atoms with Gasteiger partial charge in [-0.25, -0.2) is 0 Å². The van der Waals surface area contributed by atoms with Gasteiger partial charge in [-0.15, -0.1) is 0 Å². The average Bonchev–Trinajstić information content (AvgIpc) is 3.38. The first-order valence-electron chi connectivity index (χ1n) is 7.89. The van der Waals surface area contributed by atoms with Crippen LogP contribution in [0.5, 0.6) is 11.5 Å². The monoisotopic (exact) mass is 311 g/mol. The van der Waals surface area contributed by atoms with Crippen LogP contribution in [0.2, 0.25) is 0 Å². The summed E-state index contributed by atoms with van der Waals surface area (Å²) >= 11 is 0. The highest BCUT2D eigenvalue weighted by Crippen LogP contribution is 2.48. The molecule has 1 saturated carbocycles. The molecule has 4 heteroatoms. The zero-order valence-electron chi connectivity index (χ0n) is 13.4. The van der Waals surface area contributed by atoms with E-state index in [-0.39, 0.29) is 11.8 Å². The number of rotatable bonds is 6. The van der Waals surface area contributed by atoms with E-state index in [1.165, 1.54) is 5.56 Å². The van der Waals surface area contributed by atoms with E-state index in [4.69, 9.17) is 9.47 Å². The molecule has 1 fully saturated rings. The molecule has 23 heavy (non-hydrogen) atoms. The van der Waals surface area contributed by atoms with Crippen LogP contribution in [0.25, 0.3) is 0 Å². The lowest BCUT2D eigenvalue weighted by Crippen LogP contribution is -2.15. The summed E-state index contributed by atoms with van der Waals surface area (Å²) in [5.74, 6) is 1.92. The van der Waals surface area contributed by atoms with E-state index in [1.807, 2.05) is 55.5 Å². The van der Waals surface area contributed by atoms with Crippen molar-refractivity contribution in [2.75, 3.05) is 19.0 Å². The van der Waals surface area contributed by atoms with Gasteiger partial charge in [0.05, 0.1) is 19.4 Å². The normalized spacial score (nSPS) is 19.0. The zero-order valence-corrected chi connectivity index (χ0v) is 13.4. The number of benzene rings is 2. The number of methoxy groups -OCH3 is 1. The standard InChI is InChI=1S/C19H21NO3/c1-3-23-18-7-5-4-6-17(18)20-19(21)16-12-15(16)13-8-10-14(22-2)11-9-13/h4-11,15-16H,3,12H2,1-2H3,(H,20,21). The molecule has 0 radical (unpaired) electrons. The van der Waals surface area contributed by atoms with Crippen molar-refractivity contribution < 1.29 is 14.3 Å². The second-order valence-corrected chi connectivity index (χ2v) is 5.64. The maximum Gasteiger partial charge on any atom is 0.228 e. The van der Waals surface area contributed by atoms with E-state index in [9.17, 15) is 4.79 Å². The van der Waals surface area contributed by atoms with Crippen molar-refractivity contribution in [2.24, 2.45) is 5.92 Å². The molecule has 3 rings (SSSR count). The predicted octanol–water partition coefficient (Wildman–Crippen LogP) is 3.84. The quantitative estimate of drug-likeness (QED) is 0.882. The molecule has 2 atom stereocenters. The molecule has 0 spiro atoms. The van der Waals surface area contributed by atoms with E-state index in [0.29, 0.717) is 18.3 Å². The van der Waals surface area contributed by atoms with E-state index in [2.05, 4.69) is 5.32 Å². The van der Waals surface area contributed by atoms with Crippen LogP contribution in [0, 0.1) is 5.92 Å². The van der Waals surface area contributed by atoms with Gasteiger partial charge in [0.15, 0.2) is 0 Å². The molecular formula is C19H21NO3. The molecule has 1 N–H and O–H groups in total. The van der Waals surface area contributed by atoms with E-state index >= 15 is 0 Å². The second kappa shape index (κ2) is 6.73. The maximum atomic E-state index is 12.4. The third-order valence-corrected chi connectivity index (χ3v) is 4.12. The topological polar surface area (TPSA) is 47.6 Å². The molecule has 0 bridgehead atoms. The van der Waals surface area contributed by atoms with Gasteiger partial charge in [0.2, 0.25) is 5.91 Å². The fraction of sp³-hybridized carbons (Fsp3) is 0.316. The summed E-state index contributed by atoms with van der Waals surface area (Å²) < 4.78 is 10.7. The average molecular weight is 311 g/mol. The third kappa shape index (κ3) is 3.47. The largest absolute Gasteiger partial charge is 0.497 e. The smallest absolute Gasteiger partial charge is 0.228 e. The maximum absolute atomic E-state index is 12.4. The first-order valence-corrected chi connectivity index (χ1v) is 7.89. The number of hydrogen-bond acceptors (Lipinski definition) is 3. The molecule has 2 aromatic carbocycles. The van der Waals surface area contributed by atoms with Crippen LogP contribution >= 0.6 is 0 Å². The molecule has 0 aromatic heterocycles. The van der Waals surface area contributed by atoms with Crippen LogP contribution in [0.4, 0.5) is 5.69 Å². The molecule has 0 aliphatic heterocycles. The molecule has 1 aliphatic carbocycles. The summed E-state index contributed by atoms with van der Waals surface area (Å²) in [4.78, 5) is 12.4. The predicted molar refractivity (Wildman–Crippen MR) is 90.1 cm³/mol. The van der Waals surface area contributed by atoms with Crippen LogP contribution < -0.4 is 14.8 Å². The summed E-state index contributed by atoms with van der Waals surface area (Å²) in [6.07, 6.45) is 0.884. The Hall–Kier alpha value is -2.49. The van der Waals surface area contributed by atoms with Crippen molar-refractivity contribution in [3.8, 4) is 11.5 Å². The minimum absolute atomic E-state index is 0.0260. The van der Waals surface area contributed by atoms with Crippen LogP contribution in [0.3, 0.4) is 0 Å². The van der Waals surface area contributed by atoms with E-state index < -0.39 is 0 Å². The van der Waals surface area contributed by atoms with Crippen molar-refractivity contribution in [3.63, 3.8) is 0 Å². The lowest BCUT2D eigenvalue weighted by atomic mass is 10.1. The van der Waals surface area contributed by atoms with Gasteiger partial charge in [0, 0.05) is 5.92 Å². The molecule has 0 heterocycles. The highest BCUT2D eigenvalue weighted by molar-refractivity contribution is 5.96. The van der Waals surface area contributed by atoms with Crippen molar-refractivity contribution in [1.29, 1.82) is 0 Å². The summed E-state index contributed by atoms with van der Waals surface area (Å²) in [7, 11) is 1.65. The van der Waals surface area contributed by atoms with Gasteiger partial charge < -0.3 is 14.8 Å². The first-order chi connectivity index (χ1) is 11.2. The van der Waals surface area contributed by atoms with E-state index in [1.54, 1.807) is 7.11 Å². The third-order valence-electron chi connectivity index (χ3n) is 4.12. The number of amides is 1. The number of ether oxygens (including phenoxy) is 2. The SMILES string of the molecule is CCOc1ccccc1NC(=O)C1CC1c1ccc(OC)cc1. The van der Waals surface area contributed by atoms with Crippen molar-refractivity contribution in [1.82, 2.24) is 0 Å². The molecule has 2 aromatic rings. The molecule has 0 saturated heterocycles. The highest BCUT2D eigenvalue weighted by Gasteiger charge is 2.44. The Labute approximate surface area is 136 Å². The summed E-state index contributed by atoms with van der Waals surface area (Å²) in [5, 5.41) is 2.99. The summed E-state index contributed by atoms with van der Waals surface area (Å²) in [6.45, 7) is 2.50. The van der Waals surface area contributed by atoms with Crippen LogP contribution in [-0.2, 0) is 4.79 Å². The number of anilines is 1. The molecule has 1 aliphatic rings. The minimum Gasteiger partial charge on any atom is -0.497 e. The lowest BCUT2D eigenvalue weighted by Gasteiger charge is -2.11. The highest BCUT2D eigenvalue weighted by atomic mass is 16.5. The van der Waals surface area contributed by atoms with Gasteiger partial charge in [-0.1, -0.05) is 24.3 Å². The van der Waals surface area contributed by atoms with Crippen molar-refractivity contribution in [3.05, 3.63) is 54.1 Å². The number of carbonyl (C=O) groups is 1. The van der Waals surface area contributed by atoms with Gasteiger partial charge in [0.25, 0.3) is 0 Å². The fourth-order valence-electron chi connectivity index (χ4n) is 2.78. The Bertz CT molecular complexity index is 681. The summed E-state index contributed by atoms with van der Waals surface area (Å²) in [5.41, 5.74) is 1.92.